The first-order valence-electron chi connectivity index (χ1n) is 8.68. The summed E-state index contributed by atoms with van der Waals surface area (Å²) in [6, 6.07) is 12.9. The third-order valence-corrected chi connectivity index (χ3v) is 4.63. The number of ketones is 1. The smallest absolute Gasteiger partial charge is 0.186 e. The lowest BCUT2D eigenvalue weighted by molar-refractivity contribution is -0.126. The van der Waals surface area contributed by atoms with Gasteiger partial charge in [0.25, 0.3) is 0 Å². The molecule has 1 unspecified atom stereocenters. The highest BCUT2D eigenvalue weighted by molar-refractivity contribution is 6.30. The quantitative estimate of drug-likeness (QED) is 0.770. The van der Waals surface area contributed by atoms with Gasteiger partial charge in [0.05, 0.1) is 20.8 Å². The Kier molecular flexibility index (Phi) is 6.50. The van der Waals surface area contributed by atoms with E-state index in [2.05, 4.69) is 5.32 Å². The molecule has 0 bridgehead atoms. The maximum Gasteiger partial charge on any atom is 0.186 e. The van der Waals surface area contributed by atoms with Gasteiger partial charge in [0.1, 0.15) is 6.10 Å². The molecule has 0 aliphatic carbocycles. The maximum absolute atomic E-state index is 12.8. The zero-order valence-corrected chi connectivity index (χ0v) is 16.1. The maximum atomic E-state index is 12.8. The molecule has 1 atom stereocenters. The molecule has 6 heteroatoms. The Bertz CT molecular complexity index is 827. The first-order chi connectivity index (χ1) is 13.1. The van der Waals surface area contributed by atoms with Crippen LogP contribution in [-0.2, 0) is 9.53 Å². The molecule has 1 fully saturated rings. The number of nitrogens with one attached hydrogen (secondary N) is 1. The number of benzene rings is 2. The second-order valence-corrected chi connectivity index (χ2v) is 6.54. The third kappa shape index (κ3) is 4.69. The molecule has 3 rings (SSSR count). The van der Waals surface area contributed by atoms with Crippen molar-refractivity contribution in [3.63, 3.8) is 0 Å². The van der Waals surface area contributed by atoms with E-state index in [1.54, 1.807) is 32.4 Å². The molecule has 27 heavy (non-hydrogen) atoms. The van der Waals surface area contributed by atoms with Crippen molar-refractivity contribution in [3.05, 3.63) is 64.7 Å². The van der Waals surface area contributed by atoms with Crippen molar-refractivity contribution in [1.82, 2.24) is 5.32 Å². The van der Waals surface area contributed by atoms with Crippen LogP contribution in [0.4, 0.5) is 0 Å². The number of morpholine rings is 1. The van der Waals surface area contributed by atoms with Gasteiger partial charge in [-0.15, -0.1) is 0 Å². The van der Waals surface area contributed by atoms with Crippen LogP contribution in [0.3, 0.4) is 0 Å². The standard InChI is InChI=1S/C21H22ClNO4/c1-25-19-8-5-15(11-20(19)26-2)17(14-3-6-16(22)7-4-14)12-18(24)21-13-23-9-10-27-21/h3-8,11-12,21,23H,9-10,13H2,1-2H3. The number of hydrogen-bond donors (Lipinski definition) is 1. The summed E-state index contributed by atoms with van der Waals surface area (Å²) in [6.45, 7) is 1.79. The average molecular weight is 388 g/mol. The molecule has 1 aliphatic rings. The Labute approximate surface area is 163 Å². The van der Waals surface area contributed by atoms with E-state index in [0.717, 1.165) is 23.2 Å². The summed E-state index contributed by atoms with van der Waals surface area (Å²) >= 11 is 6.03. The SMILES string of the molecule is COc1ccc(C(=CC(=O)C2CNCCO2)c2ccc(Cl)cc2)cc1OC. The Morgan fingerprint density at radius 3 is 2.44 bits per heavy atom. The van der Waals surface area contributed by atoms with Gasteiger partial charge < -0.3 is 19.5 Å². The van der Waals surface area contributed by atoms with Crippen molar-refractivity contribution in [2.75, 3.05) is 33.9 Å². The first-order valence-corrected chi connectivity index (χ1v) is 9.06. The van der Waals surface area contributed by atoms with Crippen molar-refractivity contribution < 1.29 is 19.0 Å². The van der Waals surface area contributed by atoms with E-state index in [0.29, 0.717) is 29.7 Å². The van der Waals surface area contributed by atoms with Gasteiger partial charge in [0.2, 0.25) is 0 Å². The van der Waals surface area contributed by atoms with Gasteiger partial charge in [-0.25, -0.2) is 0 Å². The zero-order chi connectivity index (χ0) is 19.2. The lowest BCUT2D eigenvalue weighted by Gasteiger charge is -2.22. The molecule has 0 radical (unpaired) electrons. The molecule has 0 aromatic heterocycles. The summed E-state index contributed by atoms with van der Waals surface area (Å²) in [6.07, 6.45) is 1.14. The van der Waals surface area contributed by atoms with Gasteiger partial charge in [0.15, 0.2) is 17.3 Å². The van der Waals surface area contributed by atoms with Crippen LogP contribution in [0.25, 0.3) is 5.57 Å². The van der Waals surface area contributed by atoms with E-state index < -0.39 is 6.10 Å². The van der Waals surface area contributed by atoms with Gasteiger partial charge in [-0.2, -0.15) is 0 Å². The van der Waals surface area contributed by atoms with Crippen LogP contribution in [0, 0.1) is 0 Å². The van der Waals surface area contributed by atoms with E-state index >= 15 is 0 Å². The lowest BCUT2D eigenvalue weighted by Crippen LogP contribution is -2.42. The molecule has 0 amide bonds. The van der Waals surface area contributed by atoms with E-state index in [4.69, 9.17) is 25.8 Å². The van der Waals surface area contributed by atoms with Crippen LogP contribution in [0.15, 0.2) is 48.5 Å². The Balaban J connectivity index is 2.03. The molecule has 5 nitrogen and oxygen atoms in total. The number of carbonyl (C=O) groups excluding carboxylic acids is 1. The molecule has 1 heterocycles. The molecule has 142 valence electrons. The molecule has 1 saturated heterocycles. The van der Waals surface area contributed by atoms with Crippen LogP contribution in [0.5, 0.6) is 11.5 Å². The van der Waals surface area contributed by atoms with E-state index in [-0.39, 0.29) is 5.78 Å². The van der Waals surface area contributed by atoms with Crippen LogP contribution in [-0.4, -0.2) is 45.8 Å². The molecule has 2 aromatic rings. The fourth-order valence-corrected chi connectivity index (χ4v) is 3.08. The summed E-state index contributed by atoms with van der Waals surface area (Å²) in [5, 5.41) is 3.82. The Morgan fingerprint density at radius 2 is 1.81 bits per heavy atom. The first kappa shape index (κ1) is 19.4. The largest absolute Gasteiger partial charge is 0.493 e. The fraction of sp³-hybridized carbons (Fsp3) is 0.286. The van der Waals surface area contributed by atoms with Gasteiger partial charge in [-0.1, -0.05) is 29.8 Å². The van der Waals surface area contributed by atoms with Crippen LogP contribution in [0.1, 0.15) is 11.1 Å². The third-order valence-electron chi connectivity index (χ3n) is 4.38. The summed E-state index contributed by atoms with van der Waals surface area (Å²) in [5.41, 5.74) is 2.49. The van der Waals surface area contributed by atoms with Crippen molar-refractivity contribution >= 4 is 23.0 Å². The molecule has 0 saturated carbocycles. The zero-order valence-electron chi connectivity index (χ0n) is 15.3. The molecule has 0 spiro atoms. The molecular formula is C21H22ClNO4. The highest BCUT2D eigenvalue weighted by atomic mass is 35.5. The number of methoxy groups -OCH3 is 2. The van der Waals surface area contributed by atoms with Crippen molar-refractivity contribution in [3.8, 4) is 11.5 Å². The monoisotopic (exact) mass is 387 g/mol. The number of halogens is 1. The second-order valence-electron chi connectivity index (χ2n) is 6.10. The summed E-state index contributed by atoms with van der Waals surface area (Å²) in [4.78, 5) is 12.8. The van der Waals surface area contributed by atoms with Crippen molar-refractivity contribution in [2.45, 2.75) is 6.10 Å². The van der Waals surface area contributed by atoms with E-state index in [9.17, 15) is 4.79 Å². The van der Waals surface area contributed by atoms with Crippen LogP contribution in [0.2, 0.25) is 5.02 Å². The van der Waals surface area contributed by atoms with Gasteiger partial charge in [0, 0.05) is 18.1 Å². The topological polar surface area (TPSA) is 56.8 Å². The van der Waals surface area contributed by atoms with Gasteiger partial charge >= 0.3 is 0 Å². The number of carbonyl (C=O) groups is 1. The normalized spacial score (nSPS) is 17.4. The highest BCUT2D eigenvalue weighted by Crippen LogP contribution is 2.33. The lowest BCUT2D eigenvalue weighted by atomic mass is 9.95. The van der Waals surface area contributed by atoms with Crippen LogP contribution >= 0.6 is 11.6 Å². The van der Waals surface area contributed by atoms with Crippen molar-refractivity contribution in [1.29, 1.82) is 0 Å². The van der Waals surface area contributed by atoms with Gasteiger partial charge in [-0.3, -0.25) is 4.79 Å². The number of ether oxygens (including phenoxy) is 3. The van der Waals surface area contributed by atoms with Gasteiger partial charge in [-0.05, 0) is 47.0 Å². The Hall–Kier alpha value is -2.34. The van der Waals surface area contributed by atoms with E-state index in [1.807, 2.05) is 30.3 Å². The van der Waals surface area contributed by atoms with E-state index in [1.165, 1.54) is 0 Å². The number of hydrogen-bond acceptors (Lipinski definition) is 5. The minimum Gasteiger partial charge on any atom is -0.493 e. The summed E-state index contributed by atoms with van der Waals surface area (Å²) in [7, 11) is 3.17. The molecular weight excluding hydrogens is 366 g/mol. The van der Waals surface area contributed by atoms with Crippen LogP contribution < -0.4 is 14.8 Å². The number of rotatable bonds is 6. The Morgan fingerprint density at radius 1 is 1.11 bits per heavy atom. The van der Waals surface area contributed by atoms with Crippen molar-refractivity contribution in [2.24, 2.45) is 0 Å². The average Bonchev–Trinajstić information content (AvgIpc) is 2.72. The summed E-state index contributed by atoms with van der Waals surface area (Å²) < 4.78 is 16.3. The molecule has 1 N–H and O–H groups in total. The fourth-order valence-electron chi connectivity index (χ4n) is 2.95. The highest BCUT2D eigenvalue weighted by Gasteiger charge is 2.21. The minimum atomic E-state index is -0.485. The molecule has 1 aliphatic heterocycles. The summed E-state index contributed by atoms with van der Waals surface area (Å²) in [5.74, 6) is 1.14. The second kappa shape index (κ2) is 9.04. The predicted molar refractivity (Wildman–Crippen MR) is 106 cm³/mol. The molecule has 2 aromatic carbocycles. The predicted octanol–water partition coefficient (Wildman–Crippen LogP) is 3.35. The minimum absolute atomic E-state index is 0.0815.